The van der Waals surface area contributed by atoms with Gasteiger partial charge in [0.05, 0.1) is 17.0 Å². The number of benzene rings is 2. The summed E-state index contributed by atoms with van der Waals surface area (Å²) >= 11 is 0. The summed E-state index contributed by atoms with van der Waals surface area (Å²) in [6.45, 7) is 6.15. The Hall–Kier alpha value is -3.22. The molecule has 0 bridgehead atoms. The van der Waals surface area contributed by atoms with Crippen molar-refractivity contribution >= 4 is 17.7 Å². The van der Waals surface area contributed by atoms with E-state index in [1.165, 1.54) is 12.1 Å². The lowest BCUT2D eigenvalue weighted by atomic mass is 9.66. The molecule has 1 atom stereocenters. The number of halogens is 1. The van der Waals surface area contributed by atoms with Crippen LogP contribution in [0.1, 0.15) is 65.3 Å². The van der Waals surface area contributed by atoms with Gasteiger partial charge in [-0.3, -0.25) is 14.4 Å². The molecular weight excluding hydrogens is 433 g/mol. The molecule has 5 rings (SSSR count). The van der Waals surface area contributed by atoms with Crippen molar-refractivity contribution in [1.29, 1.82) is 0 Å². The lowest BCUT2D eigenvalue weighted by molar-refractivity contribution is -0.142. The summed E-state index contributed by atoms with van der Waals surface area (Å²) < 4.78 is 14.3. The predicted molar refractivity (Wildman–Crippen MR) is 126 cm³/mol. The molecule has 3 heterocycles. The molecule has 3 aliphatic heterocycles. The Kier molecular flexibility index (Phi) is 5.66. The highest BCUT2D eigenvalue weighted by Gasteiger charge is 2.57. The Labute approximate surface area is 199 Å². The smallest absolute Gasteiger partial charge is 0.256 e. The van der Waals surface area contributed by atoms with Gasteiger partial charge in [0.1, 0.15) is 5.82 Å². The van der Waals surface area contributed by atoms with Crippen LogP contribution in [0.15, 0.2) is 48.5 Å². The molecule has 0 radical (unpaired) electrons. The summed E-state index contributed by atoms with van der Waals surface area (Å²) in [5.41, 5.74) is 0.705. The molecule has 2 aromatic rings. The van der Waals surface area contributed by atoms with Gasteiger partial charge < -0.3 is 14.7 Å². The second-order valence-electron chi connectivity index (χ2n) is 9.84. The van der Waals surface area contributed by atoms with E-state index in [1.807, 2.05) is 47.9 Å². The molecule has 2 saturated heterocycles. The van der Waals surface area contributed by atoms with Gasteiger partial charge in [0.25, 0.3) is 11.8 Å². The summed E-state index contributed by atoms with van der Waals surface area (Å²) in [5, 5.41) is 0. The van der Waals surface area contributed by atoms with Crippen molar-refractivity contribution in [2.45, 2.75) is 50.6 Å². The number of carbonyl (C=O) groups excluding carboxylic acids is 3. The molecule has 0 aliphatic carbocycles. The molecule has 2 fully saturated rings. The first kappa shape index (κ1) is 22.6. The third kappa shape index (κ3) is 3.40. The molecular formula is C27H30FN3O3. The number of amides is 3. The summed E-state index contributed by atoms with van der Waals surface area (Å²) in [6, 6.07) is 13.3. The van der Waals surface area contributed by atoms with E-state index in [1.54, 1.807) is 17.0 Å². The first-order valence-electron chi connectivity index (χ1n) is 12.1. The van der Waals surface area contributed by atoms with E-state index in [4.69, 9.17) is 0 Å². The first-order valence-corrected chi connectivity index (χ1v) is 12.1. The maximum Gasteiger partial charge on any atom is 0.256 e. The highest BCUT2D eigenvalue weighted by molar-refractivity contribution is 6.02. The maximum atomic E-state index is 14.3. The Balaban J connectivity index is 1.53. The molecule has 0 aromatic heterocycles. The molecule has 1 spiro atoms. The second kappa shape index (κ2) is 8.53. The standard InChI is InChI=1S/C27H30FN3O3/c1-18(2)31-25(33)20-9-4-3-8-19(20)23(26(34)29-14-7-15-29)27(31)12-16-30(17-13-27)24(32)21-10-5-6-11-22(21)28/h3-6,8-11,18,23H,7,12-17H2,1-2H3. The van der Waals surface area contributed by atoms with Gasteiger partial charge in [0.2, 0.25) is 5.91 Å². The van der Waals surface area contributed by atoms with Crippen LogP contribution in [-0.2, 0) is 4.79 Å². The number of hydrogen-bond acceptors (Lipinski definition) is 3. The number of hydrogen-bond donors (Lipinski definition) is 0. The van der Waals surface area contributed by atoms with Crippen LogP contribution >= 0.6 is 0 Å². The Morgan fingerprint density at radius 2 is 1.59 bits per heavy atom. The van der Waals surface area contributed by atoms with Crippen molar-refractivity contribution in [3.63, 3.8) is 0 Å². The highest BCUT2D eigenvalue weighted by Crippen LogP contribution is 2.49. The maximum absolute atomic E-state index is 14.3. The van der Waals surface area contributed by atoms with Crippen molar-refractivity contribution < 1.29 is 18.8 Å². The van der Waals surface area contributed by atoms with Crippen LogP contribution in [0.5, 0.6) is 0 Å². The Morgan fingerprint density at radius 1 is 0.941 bits per heavy atom. The zero-order chi connectivity index (χ0) is 24.0. The number of carbonyl (C=O) groups is 3. The van der Waals surface area contributed by atoms with Gasteiger partial charge in [-0.15, -0.1) is 0 Å². The van der Waals surface area contributed by atoms with Gasteiger partial charge in [-0.2, -0.15) is 0 Å². The topological polar surface area (TPSA) is 60.9 Å². The minimum atomic E-state index is -0.724. The van der Waals surface area contributed by atoms with Gasteiger partial charge >= 0.3 is 0 Å². The summed E-state index contributed by atoms with van der Waals surface area (Å²) in [4.78, 5) is 46.0. The number of rotatable bonds is 3. The molecule has 0 saturated carbocycles. The average molecular weight is 464 g/mol. The van der Waals surface area contributed by atoms with Crippen molar-refractivity contribution in [3.8, 4) is 0 Å². The number of likely N-dealkylation sites (tertiary alicyclic amines) is 2. The fourth-order valence-electron chi connectivity index (χ4n) is 5.97. The zero-order valence-corrected chi connectivity index (χ0v) is 19.7. The van der Waals surface area contributed by atoms with Crippen LogP contribution < -0.4 is 0 Å². The van der Waals surface area contributed by atoms with Gasteiger partial charge in [0, 0.05) is 37.8 Å². The molecule has 34 heavy (non-hydrogen) atoms. The minimum Gasteiger partial charge on any atom is -0.342 e. The van der Waals surface area contributed by atoms with Crippen LogP contribution in [0.4, 0.5) is 4.39 Å². The largest absolute Gasteiger partial charge is 0.342 e. The number of piperidine rings is 1. The molecule has 178 valence electrons. The summed E-state index contributed by atoms with van der Waals surface area (Å²) in [5.74, 6) is -1.37. The molecule has 7 heteroatoms. The fourth-order valence-corrected chi connectivity index (χ4v) is 5.97. The van der Waals surface area contributed by atoms with Crippen LogP contribution in [-0.4, -0.2) is 70.2 Å². The molecule has 2 aromatic carbocycles. The van der Waals surface area contributed by atoms with E-state index in [0.717, 1.165) is 25.1 Å². The number of nitrogens with zero attached hydrogens (tertiary/aromatic N) is 3. The van der Waals surface area contributed by atoms with E-state index in [9.17, 15) is 18.8 Å². The van der Waals surface area contributed by atoms with E-state index in [2.05, 4.69) is 0 Å². The molecule has 3 aliphatic rings. The average Bonchev–Trinajstić information content (AvgIpc) is 2.78. The predicted octanol–water partition coefficient (Wildman–Crippen LogP) is 3.68. The molecule has 6 nitrogen and oxygen atoms in total. The normalized spacial score (nSPS) is 21.5. The van der Waals surface area contributed by atoms with Gasteiger partial charge in [-0.25, -0.2) is 4.39 Å². The van der Waals surface area contributed by atoms with Crippen LogP contribution in [0.25, 0.3) is 0 Å². The van der Waals surface area contributed by atoms with Crippen LogP contribution in [0.2, 0.25) is 0 Å². The van der Waals surface area contributed by atoms with E-state index in [-0.39, 0.29) is 29.3 Å². The van der Waals surface area contributed by atoms with Crippen molar-refractivity contribution in [3.05, 3.63) is 71.0 Å². The number of fused-ring (bicyclic) bond motifs is 1. The highest BCUT2D eigenvalue weighted by atomic mass is 19.1. The van der Waals surface area contributed by atoms with Crippen LogP contribution in [0.3, 0.4) is 0 Å². The lowest BCUT2D eigenvalue weighted by Crippen LogP contribution is -2.68. The van der Waals surface area contributed by atoms with Gasteiger partial charge in [-0.1, -0.05) is 30.3 Å². The van der Waals surface area contributed by atoms with Crippen LogP contribution in [0, 0.1) is 5.82 Å². The molecule has 1 unspecified atom stereocenters. The Bertz CT molecular complexity index is 1140. The monoisotopic (exact) mass is 463 g/mol. The summed E-state index contributed by atoms with van der Waals surface area (Å²) in [7, 11) is 0. The first-order chi connectivity index (χ1) is 16.3. The van der Waals surface area contributed by atoms with E-state index in [0.29, 0.717) is 31.5 Å². The van der Waals surface area contributed by atoms with Crippen molar-refractivity contribution in [1.82, 2.24) is 14.7 Å². The second-order valence-corrected chi connectivity index (χ2v) is 9.84. The van der Waals surface area contributed by atoms with Gasteiger partial charge in [-0.05, 0) is 56.9 Å². The zero-order valence-electron chi connectivity index (χ0n) is 19.7. The lowest BCUT2D eigenvalue weighted by Gasteiger charge is -2.57. The van der Waals surface area contributed by atoms with Crippen molar-refractivity contribution in [2.24, 2.45) is 0 Å². The van der Waals surface area contributed by atoms with E-state index < -0.39 is 17.3 Å². The van der Waals surface area contributed by atoms with Crippen molar-refractivity contribution in [2.75, 3.05) is 26.2 Å². The minimum absolute atomic E-state index is 0.0532. The third-order valence-electron chi connectivity index (χ3n) is 7.69. The SMILES string of the molecule is CC(C)N1C(=O)c2ccccc2C(C(=O)N2CCC2)C12CCN(C(=O)c1ccccc1F)CC2. The summed E-state index contributed by atoms with van der Waals surface area (Å²) in [6.07, 6.45) is 1.93. The fraction of sp³-hybridized carbons (Fsp3) is 0.444. The molecule has 3 amide bonds. The molecule has 0 N–H and O–H groups in total. The quantitative estimate of drug-likeness (QED) is 0.698. The van der Waals surface area contributed by atoms with Gasteiger partial charge in [0.15, 0.2) is 0 Å². The third-order valence-corrected chi connectivity index (χ3v) is 7.69. The Morgan fingerprint density at radius 3 is 2.21 bits per heavy atom. The van der Waals surface area contributed by atoms with E-state index >= 15 is 0 Å².